The Labute approximate surface area is 184 Å². The lowest BCUT2D eigenvalue weighted by atomic mass is 10.1. The van der Waals surface area contributed by atoms with Crippen molar-refractivity contribution in [1.82, 2.24) is 25.0 Å². The summed E-state index contributed by atoms with van der Waals surface area (Å²) in [5, 5.41) is 20.9. The maximum Gasteiger partial charge on any atom is 0.239 e. The molecule has 3 rings (SSSR count). The molecular weight excluding hydrogens is 420 g/mol. The van der Waals surface area contributed by atoms with Gasteiger partial charge < -0.3 is 9.30 Å². The number of carbonyl (C=O) groups is 1. The Kier molecular flexibility index (Phi) is 7.09. The second-order valence-corrected chi connectivity index (χ2v) is 9.79. The Morgan fingerprint density at radius 2 is 1.93 bits per heavy atom. The van der Waals surface area contributed by atoms with Crippen molar-refractivity contribution >= 4 is 34.1 Å². The zero-order chi connectivity index (χ0) is 21.8. The van der Waals surface area contributed by atoms with Crippen LogP contribution in [-0.2, 0) is 11.4 Å². The molecule has 0 aliphatic rings. The summed E-state index contributed by atoms with van der Waals surface area (Å²) in [5.41, 5.74) is 2.21. The standard InChI is InChI=1S/C20H26N6O2S2/c1-11(2)26-17(10-28-16-9-12(3)7-8-13(16)4)23-25-20(26)29-14(5)18(27)21-19-24-22-15(6)30-19/h7-9,11,14H,10H2,1-6H3,(H,21,24,27). The molecule has 10 heteroatoms. The third kappa shape index (κ3) is 5.37. The van der Waals surface area contributed by atoms with Crippen molar-refractivity contribution in [3.8, 4) is 5.75 Å². The van der Waals surface area contributed by atoms with E-state index in [-0.39, 0.29) is 17.2 Å². The molecule has 1 atom stereocenters. The quantitative estimate of drug-likeness (QED) is 0.515. The third-order valence-corrected chi connectivity index (χ3v) is 6.17. The molecule has 0 spiro atoms. The molecule has 1 amide bonds. The Morgan fingerprint density at radius 1 is 1.17 bits per heavy atom. The number of rotatable bonds is 8. The minimum Gasteiger partial charge on any atom is -0.485 e. The monoisotopic (exact) mass is 446 g/mol. The van der Waals surface area contributed by atoms with Crippen LogP contribution in [0.3, 0.4) is 0 Å². The van der Waals surface area contributed by atoms with Crippen LogP contribution in [0.4, 0.5) is 5.13 Å². The van der Waals surface area contributed by atoms with Gasteiger partial charge in [0.25, 0.3) is 0 Å². The maximum atomic E-state index is 12.5. The van der Waals surface area contributed by atoms with Gasteiger partial charge in [0, 0.05) is 6.04 Å². The van der Waals surface area contributed by atoms with Crippen molar-refractivity contribution in [2.75, 3.05) is 5.32 Å². The van der Waals surface area contributed by atoms with E-state index in [0.29, 0.717) is 16.9 Å². The molecule has 2 heterocycles. The third-order valence-electron chi connectivity index (χ3n) is 4.36. The molecule has 160 valence electrons. The van der Waals surface area contributed by atoms with E-state index in [9.17, 15) is 4.79 Å². The predicted octanol–water partition coefficient (Wildman–Crippen LogP) is 4.33. The van der Waals surface area contributed by atoms with Crippen molar-refractivity contribution in [1.29, 1.82) is 0 Å². The van der Waals surface area contributed by atoms with Crippen molar-refractivity contribution in [3.63, 3.8) is 0 Å². The zero-order valence-electron chi connectivity index (χ0n) is 18.0. The van der Waals surface area contributed by atoms with Gasteiger partial charge in [-0.15, -0.1) is 20.4 Å². The smallest absolute Gasteiger partial charge is 0.239 e. The van der Waals surface area contributed by atoms with Crippen LogP contribution in [0.5, 0.6) is 5.75 Å². The number of ether oxygens (including phenoxy) is 1. The summed E-state index contributed by atoms with van der Waals surface area (Å²) in [5.74, 6) is 1.41. The molecule has 0 radical (unpaired) electrons. The maximum absolute atomic E-state index is 12.5. The highest BCUT2D eigenvalue weighted by atomic mass is 32.2. The van der Waals surface area contributed by atoms with Crippen molar-refractivity contribution in [2.24, 2.45) is 0 Å². The van der Waals surface area contributed by atoms with Gasteiger partial charge in [-0.2, -0.15) is 0 Å². The Bertz CT molecular complexity index is 1030. The lowest BCUT2D eigenvalue weighted by Crippen LogP contribution is -2.23. The lowest BCUT2D eigenvalue weighted by Gasteiger charge is -2.16. The highest BCUT2D eigenvalue weighted by Crippen LogP contribution is 2.28. The van der Waals surface area contributed by atoms with Gasteiger partial charge in [0.2, 0.25) is 11.0 Å². The number of aryl methyl sites for hydroxylation is 3. The van der Waals surface area contributed by atoms with Gasteiger partial charge >= 0.3 is 0 Å². The zero-order valence-corrected chi connectivity index (χ0v) is 19.6. The molecule has 2 aromatic heterocycles. The van der Waals surface area contributed by atoms with Crippen LogP contribution in [0, 0.1) is 20.8 Å². The first-order chi connectivity index (χ1) is 14.2. The summed E-state index contributed by atoms with van der Waals surface area (Å²) in [6, 6.07) is 6.24. The number of anilines is 1. The van der Waals surface area contributed by atoms with Gasteiger partial charge in [-0.05, 0) is 58.7 Å². The number of amides is 1. The van der Waals surface area contributed by atoms with E-state index in [4.69, 9.17) is 4.74 Å². The Balaban J connectivity index is 1.70. The Morgan fingerprint density at radius 3 is 2.60 bits per heavy atom. The summed E-state index contributed by atoms with van der Waals surface area (Å²) in [6.07, 6.45) is 0. The van der Waals surface area contributed by atoms with Gasteiger partial charge in [0.1, 0.15) is 17.4 Å². The van der Waals surface area contributed by atoms with E-state index >= 15 is 0 Å². The van der Waals surface area contributed by atoms with E-state index < -0.39 is 0 Å². The highest BCUT2D eigenvalue weighted by molar-refractivity contribution is 8.00. The topological polar surface area (TPSA) is 94.8 Å². The van der Waals surface area contributed by atoms with Crippen LogP contribution in [0.2, 0.25) is 0 Å². The first kappa shape index (κ1) is 22.2. The predicted molar refractivity (Wildman–Crippen MR) is 119 cm³/mol. The largest absolute Gasteiger partial charge is 0.485 e. The van der Waals surface area contributed by atoms with E-state index in [1.807, 2.05) is 44.4 Å². The molecule has 8 nitrogen and oxygen atoms in total. The van der Waals surface area contributed by atoms with Crippen molar-refractivity contribution in [3.05, 3.63) is 40.2 Å². The highest BCUT2D eigenvalue weighted by Gasteiger charge is 2.22. The number of hydrogen-bond acceptors (Lipinski definition) is 8. The van der Waals surface area contributed by atoms with Gasteiger partial charge in [-0.3, -0.25) is 10.1 Å². The van der Waals surface area contributed by atoms with Crippen LogP contribution < -0.4 is 10.1 Å². The number of hydrogen-bond donors (Lipinski definition) is 1. The molecule has 0 fully saturated rings. The van der Waals surface area contributed by atoms with E-state index in [2.05, 4.69) is 45.6 Å². The normalized spacial score (nSPS) is 12.2. The number of nitrogens with one attached hydrogen (secondary N) is 1. The minimum atomic E-state index is -0.372. The number of carbonyl (C=O) groups excluding carboxylic acids is 1. The summed E-state index contributed by atoms with van der Waals surface area (Å²) in [4.78, 5) is 12.5. The van der Waals surface area contributed by atoms with Crippen molar-refractivity contribution in [2.45, 2.75) is 64.6 Å². The van der Waals surface area contributed by atoms with Gasteiger partial charge in [-0.1, -0.05) is 35.2 Å². The second kappa shape index (κ2) is 9.57. The van der Waals surface area contributed by atoms with Crippen LogP contribution in [0.25, 0.3) is 0 Å². The second-order valence-electron chi connectivity index (χ2n) is 7.30. The SMILES string of the molecule is Cc1ccc(C)c(OCc2nnc(SC(C)C(=O)Nc3nnc(C)s3)n2C(C)C)c1. The fourth-order valence-electron chi connectivity index (χ4n) is 2.78. The molecular formula is C20H26N6O2S2. The van der Waals surface area contributed by atoms with E-state index in [0.717, 1.165) is 27.7 Å². The number of thioether (sulfide) groups is 1. The van der Waals surface area contributed by atoms with E-state index in [1.54, 1.807) is 0 Å². The van der Waals surface area contributed by atoms with Gasteiger partial charge in [-0.25, -0.2) is 0 Å². The molecule has 1 aromatic carbocycles. The molecule has 30 heavy (non-hydrogen) atoms. The minimum absolute atomic E-state index is 0.126. The Hall–Kier alpha value is -2.46. The fourth-order valence-corrected chi connectivity index (χ4v) is 4.37. The van der Waals surface area contributed by atoms with Gasteiger partial charge in [0.05, 0.1) is 5.25 Å². The van der Waals surface area contributed by atoms with Crippen LogP contribution >= 0.6 is 23.1 Å². The number of nitrogens with zero attached hydrogens (tertiary/aromatic N) is 5. The molecule has 1 N–H and O–H groups in total. The first-order valence-electron chi connectivity index (χ1n) is 9.66. The molecule has 0 aliphatic carbocycles. The fraction of sp³-hybridized carbons (Fsp3) is 0.450. The van der Waals surface area contributed by atoms with Gasteiger partial charge in [0.15, 0.2) is 11.0 Å². The lowest BCUT2D eigenvalue weighted by molar-refractivity contribution is -0.115. The molecule has 0 saturated carbocycles. The molecule has 0 aliphatic heterocycles. The average molecular weight is 447 g/mol. The summed E-state index contributed by atoms with van der Waals surface area (Å²) in [6.45, 7) is 12.2. The van der Waals surface area contributed by atoms with Crippen molar-refractivity contribution < 1.29 is 9.53 Å². The molecule has 1 unspecified atom stereocenters. The molecule has 0 saturated heterocycles. The van der Waals surface area contributed by atoms with Crippen LogP contribution in [-0.4, -0.2) is 36.1 Å². The first-order valence-corrected chi connectivity index (χ1v) is 11.4. The summed E-state index contributed by atoms with van der Waals surface area (Å²) in [7, 11) is 0. The average Bonchev–Trinajstić information content (AvgIpc) is 3.28. The summed E-state index contributed by atoms with van der Waals surface area (Å²) >= 11 is 2.70. The number of aromatic nitrogens is 5. The summed E-state index contributed by atoms with van der Waals surface area (Å²) < 4.78 is 8.02. The molecule has 0 bridgehead atoms. The molecule has 3 aromatic rings. The van der Waals surface area contributed by atoms with E-state index in [1.165, 1.54) is 23.1 Å². The number of benzene rings is 1. The van der Waals surface area contributed by atoms with Crippen LogP contribution in [0.1, 0.15) is 48.8 Å². The van der Waals surface area contributed by atoms with Crippen LogP contribution in [0.15, 0.2) is 23.4 Å².